The first-order valence-corrected chi connectivity index (χ1v) is 6.73. The fourth-order valence-corrected chi connectivity index (χ4v) is 0. The summed E-state index contributed by atoms with van der Waals surface area (Å²) in [6, 6.07) is 0. The molecule has 0 aliphatic rings. The van der Waals surface area contributed by atoms with Crippen LogP contribution in [0.4, 0.5) is 0 Å². The molecular weight excluding hydrogens is 573 g/mol. The van der Waals surface area contributed by atoms with Gasteiger partial charge in [-0.15, -0.1) is 0 Å². The predicted molar refractivity (Wildman–Crippen MR) is 29.5 cm³/mol. The summed E-state index contributed by atoms with van der Waals surface area (Å²) in [4.78, 5) is 72.9. The van der Waals surface area contributed by atoms with E-state index < -0.39 is 23.5 Å². The van der Waals surface area contributed by atoms with Crippen molar-refractivity contribution in [3.63, 3.8) is 0 Å². The molecule has 12 nitrogen and oxygen atoms in total. The standard InChI is InChI=1S/2Nd.3H3O4P/c;;3*1-5(2,3)4/h;;3*(H3,1,2,3,4)/q2*+3;;;/p-6. The molecule has 0 aromatic rings. The molecule has 0 aromatic carbocycles. The van der Waals surface area contributed by atoms with E-state index in [0.717, 1.165) is 0 Å². The molecule has 0 atom stereocenters. The van der Waals surface area contributed by atoms with Gasteiger partial charge in [0.2, 0.25) is 0 Å². The third-order valence-electron chi connectivity index (χ3n) is 0. The quantitative estimate of drug-likeness (QED) is 0.228. The summed E-state index contributed by atoms with van der Waals surface area (Å²) in [5.74, 6) is 0. The summed E-state index contributed by atoms with van der Waals surface area (Å²) < 4.78 is 26.0. The van der Waals surface area contributed by atoms with Crippen LogP contribution in [0.5, 0.6) is 0 Å². The molecule has 17 heteroatoms. The molecule has 17 heavy (non-hydrogen) atoms. The van der Waals surface area contributed by atoms with Crippen molar-refractivity contribution in [1.82, 2.24) is 0 Å². The molecule has 98 valence electrons. The van der Waals surface area contributed by atoms with Gasteiger partial charge >= 0.3 is 81.7 Å². The van der Waals surface area contributed by atoms with Gasteiger partial charge in [-0.3, -0.25) is 0 Å². The molecule has 2 radical (unpaired) electrons. The minimum absolute atomic E-state index is 0. The molecule has 0 heterocycles. The average molecular weight is 576 g/mol. The van der Waals surface area contributed by atoms with Crippen LogP contribution in [0.3, 0.4) is 0 Å². The van der Waals surface area contributed by atoms with E-state index in [4.69, 9.17) is 57.7 Å². The van der Waals surface area contributed by atoms with Gasteiger partial charge in [0.1, 0.15) is 0 Å². The molecule has 0 aliphatic carbocycles. The van der Waals surface area contributed by atoms with Crippen molar-refractivity contribution < 1.29 is 139 Å². The third-order valence-corrected chi connectivity index (χ3v) is 0. The first-order valence-electron chi connectivity index (χ1n) is 2.24. The molecule has 0 rings (SSSR count). The second kappa shape index (κ2) is 14.0. The van der Waals surface area contributed by atoms with E-state index in [1.54, 1.807) is 0 Å². The van der Waals surface area contributed by atoms with Crippen molar-refractivity contribution in [1.29, 1.82) is 0 Å². The van der Waals surface area contributed by atoms with Crippen LogP contribution in [-0.4, -0.2) is 14.7 Å². The Morgan fingerprint density at radius 2 is 0.529 bits per heavy atom. The van der Waals surface area contributed by atoms with Crippen LogP contribution in [0.2, 0.25) is 0 Å². The fraction of sp³-hybridized carbons (Fsp3) is 0. The third kappa shape index (κ3) is 601. The zero-order valence-corrected chi connectivity index (χ0v) is 16.5. The van der Waals surface area contributed by atoms with Crippen LogP contribution in [0, 0.1) is 81.7 Å². The van der Waals surface area contributed by atoms with Gasteiger partial charge in [0.25, 0.3) is 0 Å². The van der Waals surface area contributed by atoms with E-state index in [1.807, 2.05) is 0 Å². The maximum atomic E-state index is 8.66. The van der Waals surface area contributed by atoms with Crippen LogP contribution in [0.1, 0.15) is 0 Å². The van der Waals surface area contributed by atoms with Crippen LogP contribution in [0.25, 0.3) is 0 Å². The molecule has 0 amide bonds. The van der Waals surface area contributed by atoms with Gasteiger partial charge in [-0.1, -0.05) is 0 Å². The van der Waals surface area contributed by atoms with Crippen molar-refractivity contribution >= 4 is 23.5 Å². The molecule has 0 saturated heterocycles. The Balaban J connectivity index is -0.0000000400. The van der Waals surface area contributed by atoms with E-state index in [-0.39, 0.29) is 81.7 Å². The first-order chi connectivity index (χ1) is 6.00. The second-order valence-electron chi connectivity index (χ2n) is 1.41. The largest absolute Gasteiger partial charge is 3.00 e. The minimum atomic E-state index is -5.14. The monoisotopic (exact) mass is 572 g/mol. The summed E-state index contributed by atoms with van der Waals surface area (Å²) in [5, 5.41) is 0. The van der Waals surface area contributed by atoms with Gasteiger partial charge in [0.05, 0.1) is 23.5 Å². The summed E-state index contributed by atoms with van der Waals surface area (Å²) in [5.41, 5.74) is 0. The number of rotatable bonds is 0. The van der Waals surface area contributed by atoms with E-state index in [0.29, 0.717) is 0 Å². The maximum Gasteiger partial charge on any atom is 3.00 e. The Bertz CT molecular complexity index is 206. The van der Waals surface area contributed by atoms with Crippen molar-refractivity contribution in [2.24, 2.45) is 0 Å². The molecule has 0 aromatic heterocycles. The predicted octanol–water partition coefficient (Wildman–Crippen LogP) is -6.58. The second-order valence-corrected chi connectivity index (χ2v) is 4.22. The molecule has 0 unspecified atom stereocenters. The maximum absolute atomic E-state index is 8.66. The summed E-state index contributed by atoms with van der Waals surface area (Å²) >= 11 is 0. The summed E-state index contributed by atoms with van der Waals surface area (Å²) in [6.07, 6.45) is 0. The van der Waals surface area contributed by atoms with Crippen LogP contribution < -0.4 is 29.4 Å². The van der Waals surface area contributed by atoms with Gasteiger partial charge in [-0.05, 0) is 0 Å². The molecule has 0 bridgehead atoms. The minimum Gasteiger partial charge on any atom is -0.790 e. The van der Waals surface area contributed by atoms with Crippen LogP contribution in [0.15, 0.2) is 0 Å². The normalized spacial score (nSPS) is 10.4. The van der Waals surface area contributed by atoms with E-state index in [1.165, 1.54) is 0 Å². The molecule has 0 aliphatic heterocycles. The molecule has 0 spiro atoms. The van der Waals surface area contributed by atoms with Gasteiger partial charge in [0.15, 0.2) is 0 Å². The molecular formula is H3Nd2O12P3. The zero-order valence-electron chi connectivity index (χ0n) is 7.36. The Morgan fingerprint density at radius 3 is 0.529 bits per heavy atom. The Labute approximate surface area is 160 Å². The number of hydrogen-bond acceptors (Lipinski definition) is 9. The van der Waals surface area contributed by atoms with Crippen molar-refractivity contribution in [3.05, 3.63) is 0 Å². The Morgan fingerprint density at radius 1 is 0.529 bits per heavy atom. The number of hydrogen-bond donors (Lipinski definition) is 3. The first kappa shape index (κ1) is 32.1. The SMILES string of the molecule is O=P([O-])([O-])O.O=P([O-])([O-])O.O=P([O-])([O-])O.[Nd+3].[Nd+3]. The van der Waals surface area contributed by atoms with Crippen molar-refractivity contribution in [2.75, 3.05) is 0 Å². The summed E-state index contributed by atoms with van der Waals surface area (Å²) in [7, 11) is -15.4. The van der Waals surface area contributed by atoms with E-state index in [2.05, 4.69) is 0 Å². The Hall–Kier alpha value is 3.03. The van der Waals surface area contributed by atoms with E-state index >= 15 is 0 Å². The zero-order chi connectivity index (χ0) is 13.5. The van der Waals surface area contributed by atoms with E-state index in [9.17, 15) is 0 Å². The van der Waals surface area contributed by atoms with Crippen molar-refractivity contribution in [2.45, 2.75) is 0 Å². The smallest absolute Gasteiger partial charge is 0.790 e. The molecule has 0 fully saturated rings. The van der Waals surface area contributed by atoms with Gasteiger partial charge < -0.3 is 57.7 Å². The topological polar surface area (TPSA) is 250 Å². The van der Waals surface area contributed by atoms with Gasteiger partial charge in [0, 0.05) is 0 Å². The number of phosphoric acid groups is 3. The average Bonchev–Trinajstić information content (AvgIpc) is 1.41. The Kier molecular flexibility index (Phi) is 26.4. The van der Waals surface area contributed by atoms with Crippen LogP contribution >= 0.6 is 23.5 Å². The van der Waals surface area contributed by atoms with Crippen molar-refractivity contribution in [3.8, 4) is 0 Å². The van der Waals surface area contributed by atoms with Crippen LogP contribution in [-0.2, 0) is 13.7 Å². The summed E-state index contributed by atoms with van der Waals surface area (Å²) in [6.45, 7) is 0. The van der Waals surface area contributed by atoms with Gasteiger partial charge in [-0.2, -0.15) is 0 Å². The fourth-order valence-electron chi connectivity index (χ4n) is 0. The van der Waals surface area contributed by atoms with Gasteiger partial charge in [-0.25, -0.2) is 0 Å². The molecule has 0 saturated carbocycles. The molecule has 3 N–H and O–H groups in total.